The van der Waals surface area contributed by atoms with E-state index in [0.717, 1.165) is 19.5 Å². The number of thioether (sulfide) groups is 1. The first-order chi connectivity index (χ1) is 9.99. The third kappa shape index (κ3) is 5.74. The number of carboxylic acid groups (broad SMARTS) is 1. The van der Waals surface area contributed by atoms with Gasteiger partial charge >= 0.3 is 12.0 Å². The maximum absolute atomic E-state index is 12.1. The number of nitrogens with zero attached hydrogens (tertiary/aromatic N) is 2. The third-order valence-corrected chi connectivity index (χ3v) is 4.59. The normalized spacial score (nSPS) is 20.2. The predicted octanol–water partition coefficient (Wildman–Crippen LogP) is 1.32. The molecule has 2 atom stereocenters. The van der Waals surface area contributed by atoms with Crippen molar-refractivity contribution in [2.75, 3.05) is 38.7 Å². The highest BCUT2D eigenvalue weighted by Crippen LogP contribution is 2.17. The average Bonchev–Trinajstić information content (AvgIpc) is 2.89. The molecular weight excluding hydrogens is 290 g/mol. The summed E-state index contributed by atoms with van der Waals surface area (Å²) in [5, 5.41) is 11.8. The molecule has 1 fully saturated rings. The van der Waals surface area contributed by atoms with E-state index >= 15 is 0 Å². The molecule has 0 bridgehead atoms. The molecule has 0 aliphatic carbocycles. The summed E-state index contributed by atoms with van der Waals surface area (Å²) in [5.74, 6) is -0.255. The van der Waals surface area contributed by atoms with Crippen molar-refractivity contribution < 1.29 is 14.7 Å². The molecule has 1 unspecified atom stereocenters. The number of carbonyl (C=O) groups excluding carboxylic acids is 1. The van der Waals surface area contributed by atoms with Crippen LogP contribution in [-0.2, 0) is 4.79 Å². The zero-order valence-corrected chi connectivity index (χ0v) is 14.0. The summed E-state index contributed by atoms with van der Waals surface area (Å²) in [6.07, 6.45) is 4.63. The lowest BCUT2D eigenvalue weighted by molar-refractivity contribution is -0.139. The van der Waals surface area contributed by atoms with Crippen LogP contribution in [0.25, 0.3) is 0 Å². The van der Waals surface area contributed by atoms with Gasteiger partial charge in [-0.1, -0.05) is 6.92 Å². The van der Waals surface area contributed by atoms with Gasteiger partial charge in [-0.3, -0.25) is 4.90 Å². The highest BCUT2D eigenvalue weighted by atomic mass is 32.2. The van der Waals surface area contributed by atoms with E-state index in [1.54, 1.807) is 23.7 Å². The Morgan fingerprint density at radius 1 is 1.52 bits per heavy atom. The van der Waals surface area contributed by atoms with Crippen molar-refractivity contribution in [3.05, 3.63) is 0 Å². The Morgan fingerprint density at radius 2 is 2.24 bits per heavy atom. The molecule has 0 radical (unpaired) electrons. The Kier molecular flexibility index (Phi) is 7.88. The summed E-state index contributed by atoms with van der Waals surface area (Å²) in [5.41, 5.74) is 0. The van der Waals surface area contributed by atoms with E-state index in [2.05, 4.69) is 17.1 Å². The van der Waals surface area contributed by atoms with Crippen LogP contribution in [0.3, 0.4) is 0 Å². The number of likely N-dealkylation sites (tertiary alicyclic amines) is 1. The number of carboxylic acids is 1. The summed E-state index contributed by atoms with van der Waals surface area (Å²) in [7, 11) is 1.73. The fourth-order valence-electron chi connectivity index (χ4n) is 2.67. The molecule has 0 aromatic rings. The molecule has 7 heteroatoms. The SMILES string of the molecule is CCN1CCCC1CN(C)C(=O)N[C@H](CCSC)C(=O)O. The van der Waals surface area contributed by atoms with Crippen LogP contribution in [0.15, 0.2) is 0 Å². The maximum atomic E-state index is 12.1. The van der Waals surface area contributed by atoms with Gasteiger partial charge in [0.05, 0.1) is 0 Å². The molecule has 6 nitrogen and oxygen atoms in total. The van der Waals surface area contributed by atoms with Gasteiger partial charge in [-0.2, -0.15) is 11.8 Å². The fourth-order valence-corrected chi connectivity index (χ4v) is 3.14. The van der Waals surface area contributed by atoms with E-state index in [-0.39, 0.29) is 6.03 Å². The molecule has 2 N–H and O–H groups in total. The number of hydrogen-bond acceptors (Lipinski definition) is 4. The standard InChI is InChI=1S/C14H27N3O3S/c1-4-17-8-5-6-11(17)10-16(2)14(20)15-12(13(18)19)7-9-21-3/h11-12H,4-10H2,1-3H3,(H,15,20)(H,18,19)/t11?,12-/m1/s1. The van der Waals surface area contributed by atoms with Crippen molar-refractivity contribution >= 4 is 23.8 Å². The van der Waals surface area contributed by atoms with E-state index in [9.17, 15) is 9.59 Å². The molecule has 1 aliphatic rings. The highest BCUT2D eigenvalue weighted by Gasteiger charge is 2.27. The van der Waals surface area contributed by atoms with Gasteiger partial charge in [0.25, 0.3) is 0 Å². The number of hydrogen-bond donors (Lipinski definition) is 2. The lowest BCUT2D eigenvalue weighted by Gasteiger charge is -2.28. The van der Waals surface area contributed by atoms with Crippen molar-refractivity contribution in [3.8, 4) is 0 Å². The molecule has 0 saturated carbocycles. The van der Waals surface area contributed by atoms with Crippen LogP contribution in [0, 0.1) is 0 Å². The smallest absolute Gasteiger partial charge is 0.326 e. The van der Waals surface area contributed by atoms with Crippen LogP contribution in [0.5, 0.6) is 0 Å². The van der Waals surface area contributed by atoms with Gasteiger partial charge in [-0.15, -0.1) is 0 Å². The largest absolute Gasteiger partial charge is 0.480 e. The second kappa shape index (κ2) is 9.15. The number of likely N-dealkylation sites (N-methyl/N-ethyl adjacent to an activating group) is 2. The van der Waals surface area contributed by atoms with Crippen LogP contribution in [0.2, 0.25) is 0 Å². The van der Waals surface area contributed by atoms with Gasteiger partial charge in [0, 0.05) is 19.6 Å². The van der Waals surface area contributed by atoms with Crippen LogP contribution >= 0.6 is 11.8 Å². The summed E-state index contributed by atoms with van der Waals surface area (Å²) >= 11 is 1.58. The maximum Gasteiger partial charge on any atom is 0.326 e. The van der Waals surface area contributed by atoms with Crippen molar-refractivity contribution in [2.24, 2.45) is 0 Å². The van der Waals surface area contributed by atoms with Crippen molar-refractivity contribution in [1.29, 1.82) is 0 Å². The molecule has 122 valence electrons. The molecule has 21 heavy (non-hydrogen) atoms. The number of urea groups is 1. The molecule has 0 aromatic heterocycles. The number of carbonyl (C=O) groups is 2. The van der Waals surface area contributed by atoms with Crippen LogP contribution in [-0.4, -0.2) is 77.7 Å². The van der Waals surface area contributed by atoms with E-state index in [4.69, 9.17) is 5.11 Å². The molecule has 2 amide bonds. The molecule has 1 saturated heterocycles. The summed E-state index contributed by atoms with van der Waals surface area (Å²) in [4.78, 5) is 27.3. The topological polar surface area (TPSA) is 72.9 Å². The van der Waals surface area contributed by atoms with Crippen molar-refractivity contribution in [2.45, 2.75) is 38.3 Å². The Labute approximate surface area is 131 Å². The van der Waals surface area contributed by atoms with E-state index in [1.807, 2.05) is 6.26 Å². The predicted molar refractivity (Wildman–Crippen MR) is 85.9 cm³/mol. The lowest BCUT2D eigenvalue weighted by atomic mass is 10.2. The van der Waals surface area contributed by atoms with Crippen molar-refractivity contribution in [3.63, 3.8) is 0 Å². The van der Waals surface area contributed by atoms with E-state index in [0.29, 0.717) is 24.8 Å². The molecule has 0 aromatic carbocycles. The van der Waals surface area contributed by atoms with E-state index < -0.39 is 12.0 Å². The molecule has 1 heterocycles. The summed E-state index contributed by atoms with van der Waals surface area (Å²) in [6, 6.07) is -0.718. The molecule has 1 aliphatic heterocycles. The Morgan fingerprint density at radius 3 is 2.81 bits per heavy atom. The third-order valence-electron chi connectivity index (χ3n) is 3.94. The zero-order chi connectivity index (χ0) is 15.8. The minimum atomic E-state index is -0.971. The number of nitrogens with one attached hydrogen (secondary N) is 1. The monoisotopic (exact) mass is 317 g/mol. The Bertz CT molecular complexity index is 354. The van der Waals surface area contributed by atoms with Gasteiger partial charge < -0.3 is 15.3 Å². The molecular formula is C14H27N3O3S. The first kappa shape index (κ1) is 18.1. The van der Waals surface area contributed by atoms with Crippen LogP contribution in [0.1, 0.15) is 26.2 Å². The quantitative estimate of drug-likeness (QED) is 0.706. The van der Waals surface area contributed by atoms with Gasteiger partial charge in [-0.25, -0.2) is 9.59 Å². The van der Waals surface area contributed by atoms with Gasteiger partial charge in [-0.05, 0) is 44.4 Å². The van der Waals surface area contributed by atoms with Gasteiger partial charge in [0.1, 0.15) is 6.04 Å². The number of rotatable bonds is 8. The average molecular weight is 317 g/mol. The van der Waals surface area contributed by atoms with E-state index in [1.165, 1.54) is 6.42 Å². The van der Waals surface area contributed by atoms with Crippen molar-refractivity contribution in [1.82, 2.24) is 15.1 Å². The first-order valence-electron chi connectivity index (χ1n) is 7.47. The minimum absolute atomic E-state index is 0.300. The highest BCUT2D eigenvalue weighted by molar-refractivity contribution is 7.98. The Hall–Kier alpha value is -0.950. The molecule has 0 spiro atoms. The minimum Gasteiger partial charge on any atom is -0.480 e. The Balaban J connectivity index is 2.46. The lowest BCUT2D eigenvalue weighted by Crippen LogP contribution is -2.50. The first-order valence-corrected chi connectivity index (χ1v) is 8.86. The summed E-state index contributed by atoms with van der Waals surface area (Å²) in [6.45, 7) is 4.85. The van der Waals surface area contributed by atoms with Gasteiger partial charge in [0.15, 0.2) is 0 Å². The number of amides is 2. The second-order valence-corrected chi connectivity index (χ2v) is 6.41. The van der Waals surface area contributed by atoms with Crippen LogP contribution in [0.4, 0.5) is 4.79 Å². The zero-order valence-electron chi connectivity index (χ0n) is 13.2. The fraction of sp³-hybridized carbons (Fsp3) is 0.857. The summed E-state index contributed by atoms with van der Waals surface area (Å²) < 4.78 is 0. The second-order valence-electron chi connectivity index (χ2n) is 5.43. The van der Waals surface area contributed by atoms with Gasteiger partial charge in [0.2, 0.25) is 0 Å². The number of aliphatic carboxylic acids is 1. The molecule has 1 rings (SSSR count). The van der Waals surface area contributed by atoms with Crippen LogP contribution < -0.4 is 5.32 Å².